The molecule has 0 saturated carbocycles. The zero-order chi connectivity index (χ0) is 8.91. The largest absolute Gasteiger partial charge is 0.429 e. The van der Waals surface area contributed by atoms with Gasteiger partial charge in [-0.3, -0.25) is 0 Å². The summed E-state index contributed by atoms with van der Waals surface area (Å²) in [5, 5.41) is 7.96. The van der Waals surface area contributed by atoms with Gasteiger partial charge in [-0.15, -0.1) is 0 Å². The number of rotatable bonds is 5. The molecule has 0 saturated heterocycles. The summed E-state index contributed by atoms with van der Waals surface area (Å²) in [6.07, 6.45) is 2.04. The third kappa shape index (κ3) is 3.21. The molecule has 0 amide bonds. The normalized spacial score (nSPS) is 16.9. The molecule has 1 unspecified atom stereocenters. The Labute approximate surface area is 70.2 Å². The molecule has 0 aromatic heterocycles. The minimum absolute atomic E-state index is 0.356. The molecular formula is C9H22NO+. The lowest BCUT2D eigenvalue weighted by Crippen LogP contribution is -2.46. The summed E-state index contributed by atoms with van der Waals surface area (Å²) in [6.45, 7) is 10.4. The number of nitrogens with zero attached hydrogens (tertiary/aromatic N) is 1. The highest BCUT2D eigenvalue weighted by Gasteiger charge is 2.29. The molecule has 2 N–H and O–H groups in total. The molecule has 0 heterocycles. The van der Waals surface area contributed by atoms with Crippen molar-refractivity contribution in [2.24, 2.45) is 0 Å². The van der Waals surface area contributed by atoms with Crippen molar-refractivity contribution in [1.82, 2.24) is 4.90 Å². The molecule has 2 nitrogen and oxygen atoms in total. The van der Waals surface area contributed by atoms with E-state index in [4.69, 9.17) is 5.11 Å². The lowest BCUT2D eigenvalue weighted by Gasteiger charge is -2.30. The van der Waals surface area contributed by atoms with Gasteiger partial charge in [0.25, 0.3) is 0 Å². The average molecular weight is 160 g/mol. The van der Waals surface area contributed by atoms with E-state index in [1.165, 1.54) is 0 Å². The summed E-state index contributed by atoms with van der Waals surface area (Å²) >= 11 is 0. The monoisotopic (exact) mass is 160 g/mol. The average Bonchev–Trinajstić information content (AvgIpc) is 2.00. The van der Waals surface area contributed by atoms with E-state index in [2.05, 4.69) is 25.7 Å². The van der Waals surface area contributed by atoms with E-state index in [0.717, 1.165) is 25.9 Å². The highest BCUT2D eigenvalue weighted by Crippen LogP contribution is 2.14. The molecule has 0 radical (unpaired) electrons. The summed E-state index contributed by atoms with van der Waals surface area (Å²) in [6, 6.07) is 0. The zero-order valence-electron chi connectivity index (χ0n) is 8.28. The molecule has 11 heavy (non-hydrogen) atoms. The van der Waals surface area contributed by atoms with Gasteiger partial charge in [0.2, 0.25) is 5.72 Å². The molecule has 2 heteroatoms. The first-order valence-electron chi connectivity index (χ1n) is 4.58. The third-order valence-electron chi connectivity index (χ3n) is 2.26. The minimum atomic E-state index is -0.356. The second-order valence-electron chi connectivity index (χ2n) is 3.21. The van der Waals surface area contributed by atoms with Crippen LogP contribution in [0.2, 0.25) is 0 Å². The van der Waals surface area contributed by atoms with Crippen LogP contribution in [-0.2, 0) is 0 Å². The first-order chi connectivity index (χ1) is 5.08. The van der Waals surface area contributed by atoms with Crippen molar-refractivity contribution < 1.29 is 5.11 Å². The summed E-state index contributed by atoms with van der Waals surface area (Å²) in [7, 11) is 0. The van der Waals surface area contributed by atoms with Gasteiger partial charge < -0.3 is 5.11 Å². The summed E-state index contributed by atoms with van der Waals surface area (Å²) in [4.78, 5) is 2.22. The molecule has 68 valence electrons. The van der Waals surface area contributed by atoms with Crippen molar-refractivity contribution in [2.75, 3.05) is 13.1 Å². The third-order valence-corrected chi connectivity index (χ3v) is 2.26. The minimum Gasteiger partial charge on any atom is -0.429 e. The zero-order valence-corrected chi connectivity index (χ0v) is 8.28. The van der Waals surface area contributed by atoms with E-state index in [9.17, 15) is 0 Å². The van der Waals surface area contributed by atoms with Crippen LogP contribution in [0.5, 0.6) is 0 Å². The molecule has 0 rings (SSSR count). The van der Waals surface area contributed by atoms with Gasteiger partial charge in [-0.1, -0.05) is 20.8 Å². The van der Waals surface area contributed by atoms with E-state index in [1.807, 2.05) is 6.92 Å². The topological polar surface area (TPSA) is 26.1 Å². The van der Waals surface area contributed by atoms with Crippen molar-refractivity contribution in [2.45, 2.75) is 46.3 Å². The Balaban J connectivity index is 3.99. The van der Waals surface area contributed by atoms with E-state index < -0.39 is 0 Å². The van der Waals surface area contributed by atoms with E-state index in [0.29, 0.717) is 0 Å². The van der Waals surface area contributed by atoms with Crippen LogP contribution in [0.3, 0.4) is 0 Å². The van der Waals surface area contributed by atoms with Crippen molar-refractivity contribution in [3.8, 4) is 0 Å². The predicted octanol–water partition coefficient (Wildman–Crippen LogP) is 1.57. The molecule has 0 aromatic carbocycles. The molecule has 0 bridgehead atoms. The smallest absolute Gasteiger partial charge is 0.219 e. The van der Waals surface area contributed by atoms with Crippen molar-refractivity contribution in [3.05, 3.63) is 0 Å². The van der Waals surface area contributed by atoms with Crippen LogP contribution >= 0.6 is 0 Å². The molecule has 0 aliphatic heterocycles. The first kappa shape index (κ1) is 10.9. The van der Waals surface area contributed by atoms with Crippen LogP contribution in [0.25, 0.3) is 0 Å². The van der Waals surface area contributed by atoms with Gasteiger partial charge in [-0.2, -0.15) is 0 Å². The van der Waals surface area contributed by atoms with Gasteiger partial charge in [-0.05, 0) is 6.42 Å². The Morgan fingerprint density at radius 1 is 1.27 bits per heavy atom. The SMILES string of the molecule is CCCN(CC)C(C)([OH2+])CC. The Morgan fingerprint density at radius 3 is 2.09 bits per heavy atom. The predicted molar refractivity (Wildman–Crippen MR) is 49.8 cm³/mol. The standard InChI is InChI=1S/C9H21NO/c1-5-8-10(7-3)9(4,11)6-2/h11H,5-8H2,1-4H3/p+1. The fourth-order valence-electron chi connectivity index (χ4n) is 1.25. The van der Waals surface area contributed by atoms with Crippen molar-refractivity contribution in [1.29, 1.82) is 0 Å². The van der Waals surface area contributed by atoms with Gasteiger partial charge in [-0.25, -0.2) is 4.90 Å². The molecule has 0 spiro atoms. The molecule has 0 aromatic rings. The highest BCUT2D eigenvalue weighted by atomic mass is 16.3. The second kappa shape index (κ2) is 4.73. The van der Waals surface area contributed by atoms with Gasteiger partial charge in [0.05, 0.1) is 0 Å². The van der Waals surface area contributed by atoms with E-state index >= 15 is 0 Å². The molecule has 1 atom stereocenters. The van der Waals surface area contributed by atoms with E-state index in [1.54, 1.807) is 0 Å². The van der Waals surface area contributed by atoms with Crippen LogP contribution in [0.1, 0.15) is 40.5 Å². The summed E-state index contributed by atoms with van der Waals surface area (Å²) in [5.74, 6) is 0. The lowest BCUT2D eigenvalue weighted by molar-refractivity contribution is -0.0935. The first-order valence-corrected chi connectivity index (χ1v) is 4.58. The highest BCUT2D eigenvalue weighted by molar-refractivity contribution is 4.71. The van der Waals surface area contributed by atoms with Crippen LogP contribution in [-0.4, -0.2) is 28.8 Å². The van der Waals surface area contributed by atoms with Crippen LogP contribution in [0, 0.1) is 0 Å². The van der Waals surface area contributed by atoms with Gasteiger partial charge in [0.1, 0.15) is 0 Å². The van der Waals surface area contributed by atoms with Crippen LogP contribution in [0.4, 0.5) is 0 Å². The van der Waals surface area contributed by atoms with Crippen LogP contribution < -0.4 is 0 Å². The van der Waals surface area contributed by atoms with Crippen molar-refractivity contribution >= 4 is 0 Å². The molecule has 0 fully saturated rings. The van der Waals surface area contributed by atoms with E-state index in [-0.39, 0.29) is 5.72 Å². The summed E-state index contributed by atoms with van der Waals surface area (Å²) in [5.41, 5.74) is -0.356. The Kier molecular flexibility index (Phi) is 4.69. The number of hydrogen-bond acceptors (Lipinski definition) is 1. The van der Waals surface area contributed by atoms with Gasteiger partial charge >= 0.3 is 0 Å². The molecular weight excluding hydrogens is 138 g/mol. The van der Waals surface area contributed by atoms with Crippen LogP contribution in [0.15, 0.2) is 0 Å². The molecule has 0 aliphatic carbocycles. The maximum Gasteiger partial charge on any atom is 0.219 e. The maximum absolute atomic E-state index is 7.96. The fraction of sp³-hybridized carbons (Fsp3) is 1.00. The van der Waals surface area contributed by atoms with Gasteiger partial charge in [0.15, 0.2) is 0 Å². The Morgan fingerprint density at radius 2 is 1.82 bits per heavy atom. The maximum atomic E-state index is 7.96. The quantitative estimate of drug-likeness (QED) is 0.443. The van der Waals surface area contributed by atoms with Gasteiger partial charge in [0, 0.05) is 26.4 Å². The second-order valence-corrected chi connectivity index (χ2v) is 3.21. The van der Waals surface area contributed by atoms with Crippen molar-refractivity contribution in [3.63, 3.8) is 0 Å². The number of hydrogen-bond donors (Lipinski definition) is 0. The Hall–Kier alpha value is -0.0800. The molecule has 0 aliphatic rings. The summed E-state index contributed by atoms with van der Waals surface area (Å²) < 4.78 is 0. The fourth-order valence-corrected chi connectivity index (χ4v) is 1.25. The Bertz CT molecular complexity index is 102. The lowest BCUT2D eigenvalue weighted by atomic mass is 10.1.